The molecule has 1 saturated heterocycles. The van der Waals surface area contributed by atoms with E-state index in [1.807, 2.05) is 0 Å². The Kier molecular flexibility index (Phi) is 10.8. The summed E-state index contributed by atoms with van der Waals surface area (Å²) in [7, 11) is 0. The lowest BCUT2D eigenvalue weighted by Gasteiger charge is -2.12. The van der Waals surface area contributed by atoms with E-state index in [9.17, 15) is 4.79 Å². The smallest absolute Gasteiger partial charge is 0.411 e. The Bertz CT molecular complexity index is 550. The summed E-state index contributed by atoms with van der Waals surface area (Å²) in [5.74, 6) is 0. The maximum Gasteiger partial charge on any atom is 0.411 e. The molecule has 2 unspecified atom stereocenters. The molecular formula is C22H36N2O4. The Balaban J connectivity index is 1.47. The second-order valence-corrected chi connectivity index (χ2v) is 7.48. The van der Waals surface area contributed by atoms with Crippen LogP contribution in [0.2, 0.25) is 0 Å². The Hall–Kier alpha value is -1.79. The van der Waals surface area contributed by atoms with Gasteiger partial charge < -0.3 is 19.9 Å². The molecule has 0 radical (unpaired) electrons. The van der Waals surface area contributed by atoms with Crippen LogP contribution in [0, 0.1) is 0 Å². The van der Waals surface area contributed by atoms with Gasteiger partial charge in [0, 0.05) is 11.4 Å². The number of hydrogen-bond donors (Lipinski definition) is 2. The first kappa shape index (κ1) is 22.5. The van der Waals surface area contributed by atoms with Gasteiger partial charge in [-0.15, -0.1) is 0 Å². The number of carbonyl (C=O) groups excluding carboxylic acids is 1. The minimum atomic E-state index is -0.504. The molecular weight excluding hydrogens is 356 g/mol. The molecule has 6 heteroatoms. The van der Waals surface area contributed by atoms with Gasteiger partial charge in [0.25, 0.3) is 0 Å². The third-order valence-corrected chi connectivity index (χ3v) is 4.91. The van der Waals surface area contributed by atoms with E-state index >= 15 is 0 Å². The highest BCUT2D eigenvalue weighted by atomic mass is 16.7. The van der Waals surface area contributed by atoms with Crippen LogP contribution < -0.4 is 11.1 Å². The lowest BCUT2D eigenvalue weighted by molar-refractivity contribution is -0.0705. The summed E-state index contributed by atoms with van der Waals surface area (Å²) < 4.78 is 16.7. The van der Waals surface area contributed by atoms with Crippen molar-refractivity contribution in [2.45, 2.75) is 83.5 Å². The number of nitrogens with two attached hydrogens (primary N) is 1. The van der Waals surface area contributed by atoms with Crippen LogP contribution in [-0.2, 0) is 14.2 Å². The summed E-state index contributed by atoms with van der Waals surface area (Å²) in [5, 5.41) is 2.66. The first-order chi connectivity index (χ1) is 13.7. The molecule has 0 aromatic heterocycles. The number of nitrogen functional groups attached to an aromatic ring is 1. The van der Waals surface area contributed by atoms with Crippen LogP contribution >= 0.6 is 0 Å². The topological polar surface area (TPSA) is 82.8 Å². The van der Waals surface area contributed by atoms with Gasteiger partial charge in [-0.3, -0.25) is 5.32 Å². The molecule has 1 amide bonds. The predicted molar refractivity (Wildman–Crippen MR) is 112 cm³/mol. The number of benzene rings is 1. The monoisotopic (exact) mass is 392 g/mol. The maximum absolute atomic E-state index is 11.8. The molecule has 0 spiro atoms. The van der Waals surface area contributed by atoms with Crippen LogP contribution in [0.15, 0.2) is 24.3 Å². The summed E-state index contributed by atoms with van der Waals surface area (Å²) in [6.07, 6.45) is 11.8. The van der Waals surface area contributed by atoms with Gasteiger partial charge >= 0.3 is 6.09 Å². The highest BCUT2D eigenvalue weighted by Gasteiger charge is 2.26. The summed E-state index contributed by atoms with van der Waals surface area (Å²) in [6.45, 7) is 2.91. The molecule has 2 rings (SSSR count). The number of amides is 1. The van der Waals surface area contributed by atoms with Crippen molar-refractivity contribution in [3.63, 3.8) is 0 Å². The molecule has 1 heterocycles. The number of carbonyl (C=O) groups is 1. The summed E-state index contributed by atoms with van der Waals surface area (Å²) in [5.41, 5.74) is 6.91. The van der Waals surface area contributed by atoms with E-state index in [1.165, 1.54) is 51.4 Å². The van der Waals surface area contributed by atoms with Crippen molar-refractivity contribution >= 4 is 17.5 Å². The number of nitrogens with one attached hydrogen (secondary N) is 1. The zero-order valence-electron chi connectivity index (χ0n) is 17.2. The number of anilines is 2. The van der Waals surface area contributed by atoms with Crippen molar-refractivity contribution < 1.29 is 19.0 Å². The van der Waals surface area contributed by atoms with Crippen molar-refractivity contribution in [1.82, 2.24) is 0 Å². The van der Waals surface area contributed by atoms with Crippen LogP contribution in [0.25, 0.3) is 0 Å². The molecule has 2 atom stereocenters. The van der Waals surface area contributed by atoms with Crippen molar-refractivity contribution in [2.24, 2.45) is 0 Å². The molecule has 1 aliphatic rings. The standard InChI is InChI=1S/C22H36N2O4/c1-2-3-4-5-6-7-8-9-10-11-21-26-16-20(28-21)17-27-22(25)24-19-14-12-18(23)13-15-19/h12-15,20-21H,2-11,16-17,23H2,1H3,(H,24,25). The van der Waals surface area contributed by atoms with Gasteiger partial charge in [0.2, 0.25) is 0 Å². The molecule has 3 N–H and O–H groups in total. The van der Waals surface area contributed by atoms with Crippen molar-refractivity contribution in [1.29, 1.82) is 0 Å². The Labute approximate surface area is 169 Å². The molecule has 158 valence electrons. The van der Waals surface area contributed by atoms with Gasteiger partial charge in [-0.05, 0) is 37.1 Å². The average molecular weight is 393 g/mol. The fourth-order valence-electron chi connectivity index (χ4n) is 3.26. The summed E-state index contributed by atoms with van der Waals surface area (Å²) in [4.78, 5) is 11.8. The van der Waals surface area contributed by atoms with Crippen LogP contribution in [0.1, 0.15) is 71.1 Å². The Morgan fingerprint density at radius 1 is 1.07 bits per heavy atom. The van der Waals surface area contributed by atoms with Gasteiger partial charge in [-0.2, -0.15) is 0 Å². The predicted octanol–water partition coefficient (Wildman–Crippen LogP) is 5.48. The second kappa shape index (κ2) is 13.4. The first-order valence-electron chi connectivity index (χ1n) is 10.7. The summed E-state index contributed by atoms with van der Waals surface area (Å²) >= 11 is 0. The lowest BCUT2D eigenvalue weighted by Crippen LogP contribution is -2.24. The van der Waals surface area contributed by atoms with E-state index in [1.54, 1.807) is 24.3 Å². The zero-order valence-corrected chi connectivity index (χ0v) is 17.2. The van der Waals surface area contributed by atoms with Crippen LogP contribution in [0.3, 0.4) is 0 Å². The van der Waals surface area contributed by atoms with E-state index in [0.29, 0.717) is 18.0 Å². The molecule has 1 fully saturated rings. The maximum atomic E-state index is 11.8. The lowest BCUT2D eigenvalue weighted by atomic mass is 10.1. The van der Waals surface area contributed by atoms with E-state index in [4.69, 9.17) is 19.9 Å². The van der Waals surface area contributed by atoms with E-state index in [0.717, 1.165) is 12.8 Å². The SMILES string of the molecule is CCCCCCCCCCCC1OCC(COC(=O)Nc2ccc(N)cc2)O1. The number of rotatable bonds is 13. The highest BCUT2D eigenvalue weighted by molar-refractivity contribution is 5.84. The minimum absolute atomic E-state index is 0.168. The Morgan fingerprint density at radius 2 is 1.71 bits per heavy atom. The molecule has 0 aliphatic carbocycles. The van der Waals surface area contributed by atoms with Gasteiger partial charge in [0.1, 0.15) is 12.7 Å². The quantitative estimate of drug-likeness (QED) is 0.343. The molecule has 1 aliphatic heterocycles. The minimum Gasteiger partial charge on any atom is -0.446 e. The molecule has 6 nitrogen and oxygen atoms in total. The number of unbranched alkanes of at least 4 members (excludes halogenated alkanes) is 8. The normalized spacial score (nSPS) is 18.9. The molecule has 28 heavy (non-hydrogen) atoms. The Morgan fingerprint density at radius 3 is 2.39 bits per heavy atom. The van der Waals surface area contributed by atoms with Gasteiger partial charge in [-0.1, -0.05) is 58.3 Å². The van der Waals surface area contributed by atoms with Crippen LogP contribution in [-0.4, -0.2) is 31.7 Å². The van der Waals surface area contributed by atoms with Crippen molar-refractivity contribution in [2.75, 3.05) is 24.3 Å². The van der Waals surface area contributed by atoms with Crippen LogP contribution in [0.4, 0.5) is 16.2 Å². The average Bonchev–Trinajstić information content (AvgIpc) is 3.15. The van der Waals surface area contributed by atoms with Gasteiger partial charge in [-0.25, -0.2) is 4.79 Å². The number of ether oxygens (including phenoxy) is 3. The number of hydrogen-bond acceptors (Lipinski definition) is 5. The van der Waals surface area contributed by atoms with E-state index in [-0.39, 0.29) is 19.0 Å². The third kappa shape index (κ3) is 9.42. The second-order valence-electron chi connectivity index (χ2n) is 7.48. The van der Waals surface area contributed by atoms with E-state index in [2.05, 4.69) is 12.2 Å². The molecule has 0 saturated carbocycles. The summed E-state index contributed by atoms with van der Waals surface area (Å²) in [6, 6.07) is 6.90. The fraction of sp³-hybridized carbons (Fsp3) is 0.682. The molecule has 1 aromatic rings. The molecule has 1 aromatic carbocycles. The molecule has 0 bridgehead atoms. The highest BCUT2D eigenvalue weighted by Crippen LogP contribution is 2.19. The largest absolute Gasteiger partial charge is 0.446 e. The van der Waals surface area contributed by atoms with Crippen LogP contribution in [0.5, 0.6) is 0 Å². The van der Waals surface area contributed by atoms with Gasteiger partial charge in [0.05, 0.1) is 6.61 Å². The van der Waals surface area contributed by atoms with Crippen molar-refractivity contribution in [3.05, 3.63) is 24.3 Å². The van der Waals surface area contributed by atoms with E-state index < -0.39 is 6.09 Å². The van der Waals surface area contributed by atoms with Crippen molar-refractivity contribution in [3.8, 4) is 0 Å². The fourth-order valence-corrected chi connectivity index (χ4v) is 3.26. The third-order valence-electron chi connectivity index (χ3n) is 4.91. The first-order valence-corrected chi connectivity index (χ1v) is 10.7. The zero-order chi connectivity index (χ0) is 20.0. The van der Waals surface area contributed by atoms with Gasteiger partial charge in [0.15, 0.2) is 6.29 Å².